The zero-order valence-corrected chi connectivity index (χ0v) is 11.1. The van der Waals surface area contributed by atoms with Gasteiger partial charge in [0.25, 0.3) is 0 Å². The second kappa shape index (κ2) is 5.67. The molecule has 1 fully saturated rings. The minimum absolute atomic E-state index is 0.0297. The lowest BCUT2D eigenvalue weighted by Gasteiger charge is -2.29. The quantitative estimate of drug-likeness (QED) is 0.898. The Kier molecular flexibility index (Phi) is 4.19. The third-order valence-electron chi connectivity index (χ3n) is 2.85. The number of ether oxygens (including phenoxy) is 2. The molecule has 2 rings (SSSR count). The first kappa shape index (κ1) is 13.3. The van der Waals surface area contributed by atoms with Crippen molar-refractivity contribution in [3.63, 3.8) is 0 Å². The van der Waals surface area contributed by atoms with Gasteiger partial charge < -0.3 is 14.8 Å². The SMILES string of the molecule is CC(C)Oc1ccc(C2CNCC(C)O2)cc1F. The number of hydrogen-bond acceptors (Lipinski definition) is 3. The highest BCUT2D eigenvalue weighted by Gasteiger charge is 2.21. The Balaban J connectivity index is 2.12. The van der Waals surface area contributed by atoms with Crippen LogP contribution in [0, 0.1) is 5.82 Å². The maximum atomic E-state index is 13.9. The van der Waals surface area contributed by atoms with Crippen LogP contribution in [0.2, 0.25) is 0 Å². The molecule has 1 aliphatic heterocycles. The van der Waals surface area contributed by atoms with E-state index in [-0.39, 0.29) is 24.1 Å². The summed E-state index contributed by atoms with van der Waals surface area (Å²) >= 11 is 0. The number of rotatable bonds is 3. The normalized spacial score (nSPS) is 24.3. The number of morpholine rings is 1. The smallest absolute Gasteiger partial charge is 0.165 e. The molecule has 0 amide bonds. The van der Waals surface area contributed by atoms with Gasteiger partial charge >= 0.3 is 0 Å². The van der Waals surface area contributed by atoms with Gasteiger partial charge in [0, 0.05) is 13.1 Å². The summed E-state index contributed by atoms with van der Waals surface area (Å²) in [4.78, 5) is 0. The van der Waals surface area contributed by atoms with Crippen LogP contribution in [0.5, 0.6) is 5.75 Å². The molecule has 1 aromatic rings. The van der Waals surface area contributed by atoms with E-state index in [9.17, 15) is 4.39 Å². The number of halogens is 1. The van der Waals surface area contributed by atoms with Crippen LogP contribution in [0.3, 0.4) is 0 Å². The zero-order chi connectivity index (χ0) is 13.1. The molecule has 1 saturated heterocycles. The highest BCUT2D eigenvalue weighted by molar-refractivity contribution is 5.31. The predicted molar refractivity (Wildman–Crippen MR) is 68.3 cm³/mol. The van der Waals surface area contributed by atoms with Crippen molar-refractivity contribution in [3.8, 4) is 5.75 Å². The molecule has 0 aromatic heterocycles. The summed E-state index contributed by atoms with van der Waals surface area (Å²) in [5.41, 5.74) is 0.850. The van der Waals surface area contributed by atoms with Crippen LogP contribution < -0.4 is 10.1 Å². The van der Waals surface area contributed by atoms with E-state index in [4.69, 9.17) is 9.47 Å². The Hall–Kier alpha value is -1.13. The first-order valence-corrected chi connectivity index (χ1v) is 6.38. The number of nitrogens with one attached hydrogen (secondary N) is 1. The topological polar surface area (TPSA) is 30.5 Å². The van der Waals surface area contributed by atoms with Crippen LogP contribution in [0.25, 0.3) is 0 Å². The second-order valence-corrected chi connectivity index (χ2v) is 4.95. The first-order valence-electron chi connectivity index (χ1n) is 6.38. The van der Waals surface area contributed by atoms with Crippen molar-refractivity contribution >= 4 is 0 Å². The lowest BCUT2D eigenvalue weighted by atomic mass is 10.1. The molecule has 2 unspecified atom stereocenters. The predicted octanol–water partition coefficient (Wildman–Crippen LogP) is 2.66. The van der Waals surface area contributed by atoms with Crippen molar-refractivity contribution in [3.05, 3.63) is 29.6 Å². The molecule has 100 valence electrons. The van der Waals surface area contributed by atoms with Crippen molar-refractivity contribution in [2.75, 3.05) is 13.1 Å². The second-order valence-electron chi connectivity index (χ2n) is 4.95. The minimum Gasteiger partial charge on any atom is -0.488 e. The Labute approximate surface area is 107 Å². The minimum atomic E-state index is -0.331. The Bertz CT molecular complexity index is 409. The average Bonchev–Trinajstić information content (AvgIpc) is 2.31. The molecule has 1 aromatic carbocycles. The van der Waals surface area contributed by atoms with Gasteiger partial charge in [-0.15, -0.1) is 0 Å². The van der Waals surface area contributed by atoms with Crippen LogP contribution in [-0.2, 0) is 4.74 Å². The van der Waals surface area contributed by atoms with E-state index in [0.717, 1.165) is 12.1 Å². The first-order chi connectivity index (χ1) is 8.56. The molecule has 0 aliphatic carbocycles. The van der Waals surface area contributed by atoms with Gasteiger partial charge in [-0.3, -0.25) is 0 Å². The van der Waals surface area contributed by atoms with E-state index in [2.05, 4.69) is 5.32 Å². The molecule has 0 bridgehead atoms. The van der Waals surface area contributed by atoms with E-state index >= 15 is 0 Å². The van der Waals surface area contributed by atoms with Crippen molar-refractivity contribution in [2.24, 2.45) is 0 Å². The molecule has 1 N–H and O–H groups in total. The summed E-state index contributed by atoms with van der Waals surface area (Å²) in [7, 11) is 0. The van der Waals surface area contributed by atoms with Crippen molar-refractivity contribution in [1.82, 2.24) is 5.32 Å². The molecule has 0 radical (unpaired) electrons. The van der Waals surface area contributed by atoms with Gasteiger partial charge in [-0.1, -0.05) is 6.07 Å². The maximum absolute atomic E-state index is 13.9. The molecule has 0 spiro atoms. The summed E-state index contributed by atoms with van der Waals surface area (Å²) in [6.45, 7) is 7.32. The molecular formula is C14H20FNO2. The fourth-order valence-electron chi connectivity index (χ4n) is 2.06. The molecular weight excluding hydrogens is 233 g/mol. The number of hydrogen-bond donors (Lipinski definition) is 1. The van der Waals surface area contributed by atoms with Crippen LogP contribution >= 0.6 is 0 Å². The molecule has 2 atom stereocenters. The monoisotopic (exact) mass is 253 g/mol. The third-order valence-corrected chi connectivity index (χ3v) is 2.85. The van der Waals surface area contributed by atoms with Crippen LogP contribution in [0.15, 0.2) is 18.2 Å². The largest absolute Gasteiger partial charge is 0.488 e. The Morgan fingerprint density at radius 1 is 1.39 bits per heavy atom. The highest BCUT2D eigenvalue weighted by Crippen LogP contribution is 2.26. The fraction of sp³-hybridized carbons (Fsp3) is 0.571. The van der Waals surface area contributed by atoms with Crippen molar-refractivity contribution in [1.29, 1.82) is 0 Å². The summed E-state index contributed by atoms with van der Waals surface area (Å²) in [6.07, 6.45) is 0.0349. The van der Waals surface area contributed by atoms with Gasteiger partial charge in [0.1, 0.15) is 0 Å². The number of benzene rings is 1. The van der Waals surface area contributed by atoms with E-state index in [0.29, 0.717) is 12.3 Å². The fourth-order valence-corrected chi connectivity index (χ4v) is 2.06. The molecule has 3 nitrogen and oxygen atoms in total. The van der Waals surface area contributed by atoms with Gasteiger partial charge in [-0.25, -0.2) is 4.39 Å². The van der Waals surface area contributed by atoms with Gasteiger partial charge in [0.2, 0.25) is 0 Å². The Morgan fingerprint density at radius 3 is 2.78 bits per heavy atom. The maximum Gasteiger partial charge on any atom is 0.165 e. The highest BCUT2D eigenvalue weighted by atomic mass is 19.1. The summed E-state index contributed by atoms with van der Waals surface area (Å²) in [6, 6.07) is 5.04. The van der Waals surface area contributed by atoms with Gasteiger partial charge in [0.05, 0.1) is 18.3 Å². The Morgan fingerprint density at radius 2 is 2.17 bits per heavy atom. The molecule has 18 heavy (non-hydrogen) atoms. The van der Waals surface area contributed by atoms with E-state index in [1.54, 1.807) is 6.07 Å². The lowest BCUT2D eigenvalue weighted by Crippen LogP contribution is -2.38. The van der Waals surface area contributed by atoms with Crippen molar-refractivity contribution in [2.45, 2.75) is 39.1 Å². The summed E-state index contributed by atoms with van der Waals surface area (Å²) in [5, 5.41) is 3.27. The lowest BCUT2D eigenvalue weighted by molar-refractivity contribution is -0.0288. The van der Waals surface area contributed by atoms with Gasteiger partial charge in [-0.2, -0.15) is 0 Å². The summed E-state index contributed by atoms with van der Waals surface area (Å²) < 4.78 is 25.0. The van der Waals surface area contributed by atoms with Crippen LogP contribution in [-0.4, -0.2) is 25.3 Å². The standard InChI is InChI=1S/C14H20FNO2/c1-9(2)17-13-5-4-11(6-12(13)15)14-8-16-7-10(3)18-14/h4-6,9-10,14,16H,7-8H2,1-3H3. The van der Waals surface area contributed by atoms with Crippen LogP contribution in [0.4, 0.5) is 4.39 Å². The molecule has 4 heteroatoms. The van der Waals surface area contributed by atoms with Gasteiger partial charge in [-0.05, 0) is 38.5 Å². The molecule has 1 heterocycles. The summed E-state index contributed by atoms with van der Waals surface area (Å²) in [5.74, 6) is -0.0337. The van der Waals surface area contributed by atoms with E-state index < -0.39 is 0 Å². The third kappa shape index (κ3) is 3.21. The average molecular weight is 253 g/mol. The van der Waals surface area contributed by atoms with Gasteiger partial charge in [0.15, 0.2) is 11.6 Å². The van der Waals surface area contributed by atoms with E-state index in [1.807, 2.05) is 26.8 Å². The molecule has 0 saturated carbocycles. The van der Waals surface area contributed by atoms with Crippen molar-refractivity contribution < 1.29 is 13.9 Å². The van der Waals surface area contributed by atoms with E-state index in [1.165, 1.54) is 6.07 Å². The zero-order valence-electron chi connectivity index (χ0n) is 11.1. The van der Waals surface area contributed by atoms with Crippen LogP contribution in [0.1, 0.15) is 32.4 Å². The molecule has 1 aliphatic rings.